The molecule has 0 bridgehead atoms. The summed E-state index contributed by atoms with van der Waals surface area (Å²) in [5.41, 5.74) is 32.3. The van der Waals surface area contributed by atoms with Crippen LogP contribution in [-0.4, -0.2) is 14.2 Å². The Balaban J connectivity index is 2.37. The second-order valence-electron chi connectivity index (χ2n) is 5.16. The van der Waals surface area contributed by atoms with Crippen LogP contribution < -0.4 is 34.4 Å². The standard InChI is InChI=1S/C12H14N9O3/c13-3-1-19(22)9(5(3)15)11-7(17)8(18)12(21(11)24)10-6(16)4(14)2-20(10)23/h1-2H,13-18H2/q-3. The van der Waals surface area contributed by atoms with Gasteiger partial charge < -0.3 is 64.2 Å². The quantitative estimate of drug-likeness (QED) is 0.368. The van der Waals surface area contributed by atoms with Crippen molar-refractivity contribution in [1.29, 1.82) is 0 Å². The van der Waals surface area contributed by atoms with Gasteiger partial charge in [-0.15, -0.1) is 0 Å². The molecule has 0 saturated heterocycles. The summed E-state index contributed by atoms with van der Waals surface area (Å²) in [7, 11) is 0. The van der Waals surface area contributed by atoms with Gasteiger partial charge in [0.25, 0.3) is 0 Å². The van der Waals surface area contributed by atoms with Crippen molar-refractivity contribution >= 4 is 34.1 Å². The van der Waals surface area contributed by atoms with Crippen LogP contribution >= 0.6 is 0 Å². The molecule has 128 valence electrons. The maximum Gasteiger partial charge on any atom is 0.0880 e. The predicted octanol–water partition coefficient (Wildman–Crippen LogP) is -0.0440. The first kappa shape index (κ1) is 15.0. The van der Waals surface area contributed by atoms with Crippen LogP contribution in [0.1, 0.15) is 0 Å². The topological polar surface area (TPSA) is 240 Å². The molecule has 0 spiro atoms. The fourth-order valence-electron chi connectivity index (χ4n) is 2.53. The van der Waals surface area contributed by atoms with Gasteiger partial charge in [0.2, 0.25) is 0 Å². The third-order valence-corrected chi connectivity index (χ3v) is 3.74. The van der Waals surface area contributed by atoms with Crippen molar-refractivity contribution in [1.82, 2.24) is 14.2 Å². The summed E-state index contributed by atoms with van der Waals surface area (Å²) in [6, 6.07) is 0. The molecule has 0 atom stereocenters. The van der Waals surface area contributed by atoms with Crippen LogP contribution in [0.25, 0.3) is 22.8 Å². The molecular formula is C12H14N9O3-3. The molecule has 0 saturated carbocycles. The van der Waals surface area contributed by atoms with Crippen LogP contribution in [0.5, 0.6) is 0 Å². The van der Waals surface area contributed by atoms with E-state index in [0.29, 0.717) is 9.46 Å². The average molecular weight is 332 g/mol. The van der Waals surface area contributed by atoms with E-state index in [1.165, 1.54) is 0 Å². The van der Waals surface area contributed by atoms with E-state index in [1.54, 1.807) is 0 Å². The Labute approximate surface area is 134 Å². The number of nitrogens with zero attached hydrogens (tertiary/aromatic N) is 3. The van der Waals surface area contributed by atoms with Gasteiger partial charge in [-0.2, -0.15) is 0 Å². The van der Waals surface area contributed by atoms with Gasteiger partial charge in [0, 0.05) is 12.4 Å². The summed E-state index contributed by atoms with van der Waals surface area (Å²) in [4.78, 5) is 0. The minimum atomic E-state index is -0.328. The van der Waals surface area contributed by atoms with Gasteiger partial charge in [0.15, 0.2) is 0 Å². The smallest absolute Gasteiger partial charge is 0.0880 e. The summed E-state index contributed by atoms with van der Waals surface area (Å²) in [5.74, 6) is 0. The molecule has 3 rings (SSSR count). The molecule has 3 heterocycles. The molecule has 0 aliphatic rings. The van der Waals surface area contributed by atoms with Gasteiger partial charge in [-0.3, -0.25) is 0 Å². The van der Waals surface area contributed by atoms with Gasteiger partial charge in [-0.05, 0) is 0 Å². The first-order valence-electron chi connectivity index (χ1n) is 6.52. The number of nitrogens with two attached hydrogens (primary N) is 6. The van der Waals surface area contributed by atoms with Crippen LogP contribution in [0.4, 0.5) is 34.1 Å². The van der Waals surface area contributed by atoms with Crippen molar-refractivity contribution in [3.05, 3.63) is 28.0 Å². The molecule has 12 heteroatoms. The van der Waals surface area contributed by atoms with E-state index in [4.69, 9.17) is 34.4 Å². The molecule has 12 N–H and O–H groups in total. The molecule has 0 fully saturated rings. The molecule has 24 heavy (non-hydrogen) atoms. The minimum absolute atomic E-state index is 0.0309. The molecule has 3 aromatic heterocycles. The largest absolute Gasteiger partial charge is 0.805 e. The highest BCUT2D eigenvalue weighted by Crippen LogP contribution is 2.46. The zero-order valence-electron chi connectivity index (χ0n) is 12.2. The fourth-order valence-corrected chi connectivity index (χ4v) is 2.53. The van der Waals surface area contributed by atoms with Crippen LogP contribution in [0.15, 0.2) is 12.4 Å². The van der Waals surface area contributed by atoms with Crippen LogP contribution in [-0.2, 0) is 0 Å². The first-order valence-corrected chi connectivity index (χ1v) is 6.52. The van der Waals surface area contributed by atoms with Crippen molar-refractivity contribution in [2.75, 3.05) is 34.4 Å². The molecule has 12 nitrogen and oxygen atoms in total. The fraction of sp³-hybridized carbons (Fsp3) is 0. The summed E-state index contributed by atoms with van der Waals surface area (Å²) < 4.78 is 0.799. The Morgan fingerprint density at radius 1 is 0.542 bits per heavy atom. The van der Waals surface area contributed by atoms with Crippen molar-refractivity contribution in [3.8, 4) is 22.8 Å². The highest BCUT2D eigenvalue weighted by atomic mass is 16.5. The van der Waals surface area contributed by atoms with Crippen LogP contribution in [0, 0.1) is 15.6 Å². The van der Waals surface area contributed by atoms with Crippen LogP contribution in [0.3, 0.4) is 0 Å². The highest BCUT2D eigenvalue weighted by Gasteiger charge is 2.24. The second-order valence-corrected chi connectivity index (χ2v) is 5.16. The minimum Gasteiger partial charge on any atom is -0.805 e. The van der Waals surface area contributed by atoms with E-state index < -0.39 is 0 Å². The molecule has 0 aromatic carbocycles. The van der Waals surface area contributed by atoms with E-state index in [2.05, 4.69) is 0 Å². The Morgan fingerprint density at radius 3 is 1.12 bits per heavy atom. The van der Waals surface area contributed by atoms with Crippen molar-refractivity contribution in [3.63, 3.8) is 0 Å². The van der Waals surface area contributed by atoms with Crippen molar-refractivity contribution < 1.29 is 0 Å². The van der Waals surface area contributed by atoms with E-state index in [0.717, 1.165) is 12.4 Å². The van der Waals surface area contributed by atoms with Gasteiger partial charge in [-0.25, -0.2) is 0 Å². The average Bonchev–Trinajstić information content (AvgIpc) is 2.98. The van der Waals surface area contributed by atoms with Gasteiger partial charge in [0.1, 0.15) is 0 Å². The number of rotatable bonds is 2. The summed E-state index contributed by atoms with van der Waals surface area (Å²) in [6.45, 7) is 0. The maximum absolute atomic E-state index is 12.7. The summed E-state index contributed by atoms with van der Waals surface area (Å²) in [5, 5.41) is 36.6. The number of aromatic nitrogens is 3. The Bertz CT molecular complexity index is 890. The van der Waals surface area contributed by atoms with Crippen LogP contribution in [0.2, 0.25) is 0 Å². The lowest BCUT2D eigenvalue weighted by Crippen LogP contribution is -2.03. The monoisotopic (exact) mass is 332 g/mol. The highest BCUT2D eigenvalue weighted by molar-refractivity contribution is 6.00. The number of hydrogen-bond acceptors (Lipinski definition) is 9. The molecular weight excluding hydrogens is 318 g/mol. The number of nitrogen functional groups attached to an aromatic ring is 6. The zero-order chi connectivity index (χ0) is 17.9. The molecule has 0 unspecified atom stereocenters. The molecule has 0 radical (unpaired) electrons. The molecule has 0 aliphatic heterocycles. The van der Waals surface area contributed by atoms with E-state index in [-0.39, 0.29) is 61.6 Å². The molecule has 3 aromatic rings. The molecule has 0 aliphatic carbocycles. The maximum atomic E-state index is 12.7. The summed E-state index contributed by atoms with van der Waals surface area (Å²) >= 11 is 0. The predicted molar refractivity (Wildman–Crippen MR) is 94.1 cm³/mol. The van der Waals surface area contributed by atoms with Gasteiger partial charge in [-0.1, -0.05) is 0 Å². The number of hydrogen-bond donors (Lipinski definition) is 6. The third kappa shape index (κ3) is 1.67. The molecule has 0 amide bonds. The first-order chi connectivity index (χ1) is 11.2. The van der Waals surface area contributed by atoms with Crippen molar-refractivity contribution in [2.24, 2.45) is 0 Å². The lowest BCUT2D eigenvalue weighted by Gasteiger charge is -2.22. The van der Waals surface area contributed by atoms with E-state index in [9.17, 15) is 15.6 Å². The Kier molecular flexibility index (Phi) is 2.81. The SMILES string of the molecule is Nc1cn([O-])c(-c2c(N)c(N)c(-c3c(N)c(N)cn3[O-])n2[O-])c1N. The van der Waals surface area contributed by atoms with Gasteiger partial charge in [0.05, 0.1) is 56.9 Å². The van der Waals surface area contributed by atoms with Crippen molar-refractivity contribution in [2.45, 2.75) is 0 Å². The lowest BCUT2D eigenvalue weighted by molar-refractivity contribution is 1.03. The summed E-state index contributed by atoms with van der Waals surface area (Å²) in [6.07, 6.45) is 1.96. The second kappa shape index (κ2) is 4.52. The van der Waals surface area contributed by atoms with Gasteiger partial charge >= 0.3 is 0 Å². The Hall–Kier alpha value is -3.96. The third-order valence-electron chi connectivity index (χ3n) is 3.74. The zero-order valence-corrected chi connectivity index (χ0v) is 12.2. The normalized spacial score (nSPS) is 11.2. The van der Waals surface area contributed by atoms with E-state index in [1.807, 2.05) is 0 Å². The number of anilines is 6. The van der Waals surface area contributed by atoms with E-state index >= 15 is 0 Å². The Morgan fingerprint density at radius 2 is 0.875 bits per heavy atom. The lowest BCUT2D eigenvalue weighted by atomic mass is 10.2.